The molecule has 1 aromatic rings. The van der Waals surface area contributed by atoms with Gasteiger partial charge < -0.3 is 10.4 Å². The van der Waals surface area contributed by atoms with Crippen molar-refractivity contribution in [3.05, 3.63) is 35.4 Å². The van der Waals surface area contributed by atoms with Crippen LogP contribution in [0.3, 0.4) is 0 Å². The van der Waals surface area contributed by atoms with Crippen molar-refractivity contribution in [1.82, 2.24) is 5.32 Å². The standard InChI is InChI=1S/C15H21F2NOS/c1-2-20-12-5-4-11(8-12)18-9-15(19)10-3-6-13(16)14(17)7-10/h3,6-7,11-12,15,18-19H,2,4-5,8-9H2,1H3. The predicted molar refractivity (Wildman–Crippen MR) is 78.9 cm³/mol. The molecule has 0 spiro atoms. The van der Waals surface area contributed by atoms with Crippen molar-refractivity contribution in [2.45, 2.75) is 43.6 Å². The molecular weight excluding hydrogens is 280 g/mol. The lowest BCUT2D eigenvalue weighted by Crippen LogP contribution is -2.31. The Bertz CT molecular complexity index is 444. The van der Waals surface area contributed by atoms with Crippen LogP contribution in [0.4, 0.5) is 8.78 Å². The SMILES string of the molecule is CCSC1CCC(NCC(O)c2ccc(F)c(F)c2)C1. The molecule has 1 aliphatic carbocycles. The minimum Gasteiger partial charge on any atom is -0.387 e. The number of halogens is 2. The molecule has 1 aliphatic rings. The molecule has 2 rings (SSSR count). The van der Waals surface area contributed by atoms with E-state index in [-0.39, 0.29) is 0 Å². The lowest BCUT2D eigenvalue weighted by atomic mass is 10.1. The molecule has 20 heavy (non-hydrogen) atoms. The largest absolute Gasteiger partial charge is 0.387 e. The van der Waals surface area contributed by atoms with Crippen LogP contribution in [-0.2, 0) is 0 Å². The fraction of sp³-hybridized carbons (Fsp3) is 0.600. The van der Waals surface area contributed by atoms with Crippen molar-refractivity contribution in [1.29, 1.82) is 0 Å². The van der Waals surface area contributed by atoms with E-state index in [4.69, 9.17) is 0 Å². The monoisotopic (exact) mass is 301 g/mol. The summed E-state index contributed by atoms with van der Waals surface area (Å²) in [5, 5.41) is 14.0. The van der Waals surface area contributed by atoms with Crippen LogP contribution < -0.4 is 5.32 Å². The third-order valence-electron chi connectivity index (χ3n) is 3.72. The summed E-state index contributed by atoms with van der Waals surface area (Å²) in [6, 6.07) is 3.96. The van der Waals surface area contributed by atoms with Gasteiger partial charge in [-0.2, -0.15) is 11.8 Å². The van der Waals surface area contributed by atoms with Gasteiger partial charge in [-0.05, 0) is 42.7 Å². The van der Waals surface area contributed by atoms with E-state index in [1.807, 2.05) is 11.8 Å². The molecule has 0 radical (unpaired) electrons. The first kappa shape index (κ1) is 15.7. The van der Waals surface area contributed by atoms with Crippen LogP contribution in [0.5, 0.6) is 0 Å². The third-order valence-corrected chi connectivity index (χ3v) is 4.95. The highest BCUT2D eigenvalue weighted by Crippen LogP contribution is 2.29. The second-order valence-electron chi connectivity index (χ2n) is 5.18. The average Bonchev–Trinajstić information content (AvgIpc) is 2.87. The zero-order valence-electron chi connectivity index (χ0n) is 11.6. The molecule has 0 saturated heterocycles. The molecule has 1 saturated carbocycles. The van der Waals surface area contributed by atoms with E-state index in [0.717, 1.165) is 30.7 Å². The second-order valence-corrected chi connectivity index (χ2v) is 6.76. The normalized spacial score (nSPS) is 24.0. The number of aliphatic hydroxyl groups is 1. The van der Waals surface area contributed by atoms with Gasteiger partial charge in [0.15, 0.2) is 11.6 Å². The number of thioether (sulfide) groups is 1. The summed E-state index contributed by atoms with van der Waals surface area (Å²) in [6.45, 7) is 2.54. The fourth-order valence-electron chi connectivity index (χ4n) is 2.63. The first-order valence-corrected chi connectivity index (χ1v) is 8.13. The summed E-state index contributed by atoms with van der Waals surface area (Å²) in [4.78, 5) is 0. The lowest BCUT2D eigenvalue weighted by Gasteiger charge is -2.17. The highest BCUT2D eigenvalue weighted by molar-refractivity contribution is 7.99. The zero-order valence-corrected chi connectivity index (χ0v) is 12.4. The van der Waals surface area contributed by atoms with Gasteiger partial charge in [0.1, 0.15) is 0 Å². The smallest absolute Gasteiger partial charge is 0.159 e. The summed E-state index contributed by atoms with van der Waals surface area (Å²) in [6.07, 6.45) is 2.63. The van der Waals surface area contributed by atoms with Gasteiger partial charge in [0.05, 0.1) is 6.10 Å². The Morgan fingerprint density at radius 3 is 2.85 bits per heavy atom. The van der Waals surface area contributed by atoms with Crippen LogP contribution in [0.25, 0.3) is 0 Å². The molecule has 2 N–H and O–H groups in total. The molecule has 5 heteroatoms. The van der Waals surface area contributed by atoms with Gasteiger partial charge in [0.25, 0.3) is 0 Å². The molecule has 0 heterocycles. The van der Waals surface area contributed by atoms with Crippen LogP contribution in [0.15, 0.2) is 18.2 Å². The van der Waals surface area contributed by atoms with Gasteiger partial charge in [0.2, 0.25) is 0 Å². The van der Waals surface area contributed by atoms with Crippen molar-refractivity contribution < 1.29 is 13.9 Å². The molecular formula is C15H21F2NOS. The topological polar surface area (TPSA) is 32.3 Å². The first-order valence-electron chi connectivity index (χ1n) is 7.08. The molecule has 0 bridgehead atoms. The summed E-state index contributed by atoms with van der Waals surface area (Å²) < 4.78 is 25.9. The van der Waals surface area contributed by atoms with Gasteiger partial charge in [-0.1, -0.05) is 13.0 Å². The number of aliphatic hydroxyl groups excluding tert-OH is 1. The average molecular weight is 301 g/mol. The predicted octanol–water partition coefficient (Wildman–Crippen LogP) is 3.26. The first-order chi connectivity index (χ1) is 9.60. The fourth-order valence-corrected chi connectivity index (χ4v) is 3.77. The Balaban J connectivity index is 1.80. The molecule has 3 unspecified atom stereocenters. The number of nitrogens with one attached hydrogen (secondary N) is 1. The van der Waals surface area contributed by atoms with Crippen LogP contribution in [0.1, 0.15) is 37.9 Å². The number of benzene rings is 1. The maximum absolute atomic E-state index is 13.1. The van der Waals surface area contributed by atoms with E-state index < -0.39 is 17.7 Å². The van der Waals surface area contributed by atoms with Crippen LogP contribution in [-0.4, -0.2) is 28.7 Å². The van der Waals surface area contributed by atoms with Crippen molar-refractivity contribution in [2.75, 3.05) is 12.3 Å². The molecule has 1 fully saturated rings. The Hall–Kier alpha value is -0.650. The maximum atomic E-state index is 13.1. The molecule has 0 amide bonds. The quantitative estimate of drug-likeness (QED) is 0.846. The zero-order chi connectivity index (χ0) is 14.5. The van der Waals surface area contributed by atoms with Gasteiger partial charge in [-0.25, -0.2) is 8.78 Å². The Morgan fingerprint density at radius 2 is 2.15 bits per heavy atom. The summed E-state index contributed by atoms with van der Waals surface area (Å²) in [7, 11) is 0. The van der Waals surface area contributed by atoms with E-state index in [1.165, 1.54) is 12.5 Å². The Morgan fingerprint density at radius 1 is 1.35 bits per heavy atom. The summed E-state index contributed by atoms with van der Waals surface area (Å²) in [5.41, 5.74) is 0.411. The van der Waals surface area contributed by atoms with Crippen molar-refractivity contribution in [3.8, 4) is 0 Å². The minimum absolute atomic E-state index is 0.374. The second kappa shape index (κ2) is 7.38. The Kier molecular flexibility index (Phi) is 5.81. The maximum Gasteiger partial charge on any atom is 0.159 e. The molecule has 0 aromatic heterocycles. The van der Waals surface area contributed by atoms with E-state index in [9.17, 15) is 13.9 Å². The molecule has 3 atom stereocenters. The lowest BCUT2D eigenvalue weighted by molar-refractivity contribution is 0.169. The van der Waals surface area contributed by atoms with Crippen LogP contribution >= 0.6 is 11.8 Å². The number of rotatable bonds is 6. The van der Waals surface area contributed by atoms with Gasteiger partial charge >= 0.3 is 0 Å². The minimum atomic E-state index is -0.915. The Labute approximate surface area is 123 Å². The molecule has 112 valence electrons. The third kappa shape index (κ3) is 4.17. The summed E-state index contributed by atoms with van der Waals surface area (Å²) in [5.74, 6) is -0.666. The van der Waals surface area contributed by atoms with Crippen molar-refractivity contribution in [3.63, 3.8) is 0 Å². The summed E-state index contributed by atoms with van der Waals surface area (Å²) >= 11 is 1.98. The molecule has 1 aromatic carbocycles. The van der Waals surface area contributed by atoms with Gasteiger partial charge in [-0.15, -0.1) is 0 Å². The van der Waals surface area contributed by atoms with E-state index >= 15 is 0 Å². The van der Waals surface area contributed by atoms with E-state index in [2.05, 4.69) is 12.2 Å². The van der Waals surface area contributed by atoms with Crippen molar-refractivity contribution in [2.24, 2.45) is 0 Å². The highest BCUT2D eigenvalue weighted by atomic mass is 32.2. The van der Waals surface area contributed by atoms with E-state index in [1.54, 1.807) is 0 Å². The van der Waals surface area contributed by atoms with Crippen molar-refractivity contribution >= 4 is 11.8 Å². The van der Waals surface area contributed by atoms with E-state index in [0.29, 0.717) is 23.4 Å². The van der Waals surface area contributed by atoms with Gasteiger partial charge in [0, 0.05) is 17.8 Å². The number of hydrogen-bond donors (Lipinski definition) is 2. The van der Waals surface area contributed by atoms with Crippen LogP contribution in [0, 0.1) is 11.6 Å². The highest BCUT2D eigenvalue weighted by Gasteiger charge is 2.24. The van der Waals surface area contributed by atoms with Gasteiger partial charge in [-0.3, -0.25) is 0 Å². The number of hydrogen-bond acceptors (Lipinski definition) is 3. The van der Waals surface area contributed by atoms with Crippen LogP contribution in [0.2, 0.25) is 0 Å². The molecule has 0 aliphatic heterocycles. The molecule has 2 nitrogen and oxygen atoms in total.